The number of benzene rings is 1. The molecule has 2 aromatic rings. The van der Waals surface area contributed by atoms with Crippen LogP contribution in [0.5, 0.6) is 0 Å². The smallest absolute Gasteiger partial charge is 0.316 e. The first-order valence-corrected chi connectivity index (χ1v) is 10.2. The maximum absolute atomic E-state index is 14.1. The van der Waals surface area contributed by atoms with Gasteiger partial charge >= 0.3 is 5.91 Å². The molecule has 1 atom stereocenters. The van der Waals surface area contributed by atoms with E-state index in [2.05, 4.69) is 25.5 Å². The summed E-state index contributed by atoms with van der Waals surface area (Å²) in [7, 11) is 0. The second kappa shape index (κ2) is 8.41. The number of amides is 2. The van der Waals surface area contributed by atoms with Gasteiger partial charge in [0, 0.05) is 17.7 Å². The zero-order valence-corrected chi connectivity index (χ0v) is 16.5. The number of halogens is 2. The number of carbonyl (C=O) groups excluding carboxylic acids is 2. The summed E-state index contributed by atoms with van der Waals surface area (Å²) in [5.41, 5.74) is 0.753. The molecule has 0 radical (unpaired) electrons. The lowest BCUT2D eigenvalue weighted by atomic mass is 10.0. The number of hydrogen-bond acceptors (Lipinski definition) is 4. The highest BCUT2D eigenvalue weighted by atomic mass is 35.5. The molecule has 2 aliphatic rings. The Labute approximate surface area is 172 Å². The number of H-pyrrole nitrogens is 1. The number of aromatic nitrogens is 3. The van der Waals surface area contributed by atoms with Crippen molar-refractivity contribution in [3.8, 4) is 0 Å². The highest BCUT2D eigenvalue weighted by Gasteiger charge is 2.25. The fourth-order valence-electron chi connectivity index (χ4n) is 3.95. The quantitative estimate of drug-likeness (QED) is 0.740. The number of nitrogens with one attached hydrogen (secondary N) is 2. The van der Waals surface area contributed by atoms with Gasteiger partial charge in [0.05, 0.1) is 11.6 Å². The maximum Gasteiger partial charge on any atom is 0.316 e. The Morgan fingerprint density at radius 3 is 2.90 bits per heavy atom. The minimum atomic E-state index is -0.665. The summed E-state index contributed by atoms with van der Waals surface area (Å²) in [6, 6.07) is 2.79. The molecule has 1 saturated carbocycles. The Balaban J connectivity index is 1.41. The van der Waals surface area contributed by atoms with Crippen molar-refractivity contribution < 1.29 is 14.0 Å². The van der Waals surface area contributed by atoms with Crippen LogP contribution in [0.25, 0.3) is 0 Å². The summed E-state index contributed by atoms with van der Waals surface area (Å²) in [6.45, 7) is 0. The molecule has 1 fully saturated rings. The van der Waals surface area contributed by atoms with Crippen LogP contribution in [0.15, 0.2) is 17.1 Å². The summed E-state index contributed by atoms with van der Waals surface area (Å²) in [6.07, 6.45) is 7.70. The average Bonchev–Trinajstić information content (AvgIpc) is 3.33. The summed E-state index contributed by atoms with van der Waals surface area (Å²) in [5, 5.41) is 9.59. The van der Waals surface area contributed by atoms with Crippen molar-refractivity contribution in [2.45, 2.75) is 44.9 Å². The van der Waals surface area contributed by atoms with Gasteiger partial charge in [0.15, 0.2) is 0 Å². The van der Waals surface area contributed by atoms with Crippen LogP contribution in [0.4, 0.5) is 10.1 Å². The molecular weight excluding hydrogens is 397 g/mol. The number of aryl methyl sites for hydroxylation is 1. The monoisotopic (exact) mass is 417 g/mol. The normalized spacial score (nSPS) is 19.9. The van der Waals surface area contributed by atoms with E-state index in [-0.39, 0.29) is 16.5 Å². The zero-order chi connectivity index (χ0) is 20.4. The first kappa shape index (κ1) is 19.7. The second-order valence-electron chi connectivity index (χ2n) is 7.60. The van der Waals surface area contributed by atoms with Gasteiger partial charge in [0.1, 0.15) is 11.6 Å². The van der Waals surface area contributed by atoms with Gasteiger partial charge in [-0.25, -0.2) is 14.4 Å². The molecule has 1 aromatic heterocycles. The van der Waals surface area contributed by atoms with Crippen LogP contribution in [0.1, 0.15) is 54.1 Å². The molecule has 1 aromatic carbocycles. The van der Waals surface area contributed by atoms with Crippen molar-refractivity contribution in [3.05, 3.63) is 40.2 Å². The van der Waals surface area contributed by atoms with Crippen molar-refractivity contribution >= 4 is 35.3 Å². The highest BCUT2D eigenvalue weighted by molar-refractivity contribution is 6.30. The molecule has 4 rings (SSSR count). The Kier molecular flexibility index (Phi) is 5.71. The number of nitrogens with zero attached hydrogens (tertiary/aromatic N) is 3. The molecular formula is C20H21ClFN5O2. The van der Waals surface area contributed by atoms with Crippen LogP contribution in [-0.2, 0) is 17.6 Å². The number of anilines is 1. The van der Waals surface area contributed by atoms with Gasteiger partial charge in [-0.1, -0.05) is 37.3 Å². The van der Waals surface area contributed by atoms with Crippen LogP contribution in [0.3, 0.4) is 0 Å². The first-order valence-electron chi connectivity index (χ1n) is 9.78. The van der Waals surface area contributed by atoms with Gasteiger partial charge in [0.2, 0.25) is 11.7 Å². The largest absolute Gasteiger partial charge is 0.323 e. The van der Waals surface area contributed by atoms with E-state index < -0.39 is 23.5 Å². The van der Waals surface area contributed by atoms with E-state index in [1.807, 2.05) is 0 Å². The van der Waals surface area contributed by atoms with Gasteiger partial charge in [0.25, 0.3) is 0 Å². The SMILES string of the molecule is O=C(N=CC1CCc2cc(Cl)cc(F)c2NC1=O)c1n[nH]c(CC2CCCC2)n1. The van der Waals surface area contributed by atoms with E-state index in [1.54, 1.807) is 6.07 Å². The molecule has 0 saturated heterocycles. The van der Waals surface area contributed by atoms with Crippen molar-refractivity contribution in [2.24, 2.45) is 16.8 Å². The Morgan fingerprint density at radius 1 is 1.31 bits per heavy atom. The lowest BCUT2D eigenvalue weighted by Gasteiger charge is -2.09. The first-order chi connectivity index (χ1) is 14.0. The van der Waals surface area contributed by atoms with Crippen molar-refractivity contribution in [1.82, 2.24) is 15.2 Å². The fraction of sp³-hybridized carbons (Fsp3) is 0.450. The number of aliphatic imine (C=N–C) groups is 1. The van der Waals surface area contributed by atoms with E-state index in [4.69, 9.17) is 11.6 Å². The van der Waals surface area contributed by atoms with E-state index in [9.17, 15) is 14.0 Å². The Bertz CT molecular complexity index is 968. The standard InChI is InChI=1S/C20H21ClFN5O2/c21-14-8-12-5-6-13(19(28)25-17(12)15(22)9-14)10-23-20(29)18-24-16(26-27-18)7-11-3-1-2-4-11/h8-11,13H,1-7H2,(H,25,28)(H,24,26,27). The van der Waals surface area contributed by atoms with Gasteiger partial charge in [-0.15, -0.1) is 5.10 Å². The fourth-order valence-corrected chi connectivity index (χ4v) is 4.18. The van der Waals surface area contributed by atoms with Gasteiger partial charge in [-0.2, -0.15) is 0 Å². The summed E-state index contributed by atoms with van der Waals surface area (Å²) in [4.78, 5) is 32.8. The maximum atomic E-state index is 14.1. The highest BCUT2D eigenvalue weighted by Crippen LogP contribution is 2.30. The van der Waals surface area contributed by atoms with Crippen LogP contribution in [-0.4, -0.2) is 33.2 Å². The minimum Gasteiger partial charge on any atom is -0.323 e. The summed E-state index contributed by atoms with van der Waals surface area (Å²) >= 11 is 5.89. The number of aromatic amines is 1. The molecule has 0 spiro atoms. The number of hydrogen-bond donors (Lipinski definition) is 2. The van der Waals surface area contributed by atoms with Gasteiger partial charge in [-0.05, 0) is 36.5 Å². The average molecular weight is 418 g/mol. The van der Waals surface area contributed by atoms with Crippen molar-refractivity contribution in [3.63, 3.8) is 0 Å². The molecule has 29 heavy (non-hydrogen) atoms. The molecule has 1 aliphatic heterocycles. The van der Waals surface area contributed by atoms with Crippen molar-refractivity contribution in [1.29, 1.82) is 0 Å². The number of fused-ring (bicyclic) bond motifs is 1. The van der Waals surface area contributed by atoms with Crippen molar-refractivity contribution in [2.75, 3.05) is 5.32 Å². The van der Waals surface area contributed by atoms with Crippen LogP contribution in [0.2, 0.25) is 5.02 Å². The van der Waals surface area contributed by atoms with E-state index in [0.29, 0.717) is 30.1 Å². The summed E-state index contributed by atoms with van der Waals surface area (Å²) < 4.78 is 14.1. The molecule has 2 amide bonds. The molecule has 9 heteroatoms. The predicted molar refractivity (Wildman–Crippen MR) is 107 cm³/mol. The van der Waals surface area contributed by atoms with Gasteiger partial charge < -0.3 is 5.32 Å². The lowest BCUT2D eigenvalue weighted by Crippen LogP contribution is -2.23. The molecule has 1 unspecified atom stereocenters. The zero-order valence-electron chi connectivity index (χ0n) is 15.8. The molecule has 0 bridgehead atoms. The molecule has 2 N–H and O–H groups in total. The number of rotatable bonds is 4. The molecule has 152 valence electrons. The number of carbonyl (C=O) groups is 2. The second-order valence-corrected chi connectivity index (χ2v) is 8.04. The van der Waals surface area contributed by atoms with E-state index >= 15 is 0 Å². The third kappa shape index (κ3) is 4.53. The van der Waals surface area contributed by atoms with Crippen LogP contribution in [0, 0.1) is 17.7 Å². The molecule has 1 aliphatic carbocycles. The third-order valence-corrected chi connectivity index (χ3v) is 5.72. The van der Waals surface area contributed by atoms with Crippen LogP contribution >= 0.6 is 11.6 Å². The van der Waals surface area contributed by atoms with Crippen LogP contribution < -0.4 is 5.32 Å². The molecule has 2 heterocycles. The lowest BCUT2D eigenvalue weighted by molar-refractivity contribution is -0.117. The predicted octanol–water partition coefficient (Wildman–Crippen LogP) is 3.74. The topological polar surface area (TPSA) is 100 Å². The Hall–Kier alpha value is -2.61. The van der Waals surface area contributed by atoms with E-state index in [0.717, 1.165) is 12.5 Å². The summed E-state index contributed by atoms with van der Waals surface area (Å²) in [5.74, 6) is -1.01. The molecule has 7 nitrogen and oxygen atoms in total. The van der Waals surface area contributed by atoms with E-state index in [1.165, 1.54) is 31.9 Å². The third-order valence-electron chi connectivity index (χ3n) is 5.50. The van der Waals surface area contributed by atoms with Gasteiger partial charge in [-0.3, -0.25) is 14.7 Å². The minimum absolute atomic E-state index is 0.00982. The Morgan fingerprint density at radius 2 is 2.10 bits per heavy atom.